The topological polar surface area (TPSA) is 389 Å². The molecule has 0 aliphatic heterocycles. The van der Waals surface area contributed by atoms with Crippen LogP contribution in [0.4, 0.5) is 0 Å². The Balaban J connectivity index is 2.57. The molecule has 0 spiro atoms. The number of esters is 4. The van der Waals surface area contributed by atoms with E-state index in [1.54, 1.807) is 0 Å². The lowest BCUT2D eigenvalue weighted by Crippen LogP contribution is -2.45. The molecule has 0 saturated carbocycles. The first-order valence-electron chi connectivity index (χ1n) is 31.1. The summed E-state index contributed by atoms with van der Waals surface area (Å²) >= 11 is 0. The fourth-order valence-corrected chi connectivity index (χ4v) is 9.89. The summed E-state index contributed by atoms with van der Waals surface area (Å²) < 4.78 is 22.9. The number of carbonyl (C=O) groups is 10. The van der Waals surface area contributed by atoms with Crippen molar-refractivity contribution in [1.29, 1.82) is 0 Å². The lowest BCUT2D eigenvalue weighted by Gasteiger charge is -2.30. The van der Waals surface area contributed by atoms with Gasteiger partial charge >= 0.3 is 23.9 Å². The molecule has 2 aromatic rings. The van der Waals surface area contributed by atoms with Gasteiger partial charge in [-0.15, -0.1) is 0 Å². The van der Waals surface area contributed by atoms with E-state index in [0.717, 1.165) is 4.90 Å². The molecule has 518 valence electrons. The molecule has 8 N–H and O–H groups in total. The van der Waals surface area contributed by atoms with Gasteiger partial charge in [-0.1, -0.05) is 24.3 Å². The predicted molar refractivity (Wildman–Crippen MR) is 333 cm³/mol. The highest BCUT2D eigenvalue weighted by molar-refractivity contribution is 6.06. The van der Waals surface area contributed by atoms with E-state index >= 15 is 0 Å². The number of aliphatic hydroxyl groups is 8. The van der Waals surface area contributed by atoms with E-state index in [-0.39, 0.29) is 101 Å². The summed E-state index contributed by atoms with van der Waals surface area (Å²) in [6.07, 6.45) is -14.9. The Morgan fingerprint density at radius 2 is 0.478 bits per heavy atom. The van der Waals surface area contributed by atoms with Crippen molar-refractivity contribution in [3.63, 3.8) is 0 Å². The van der Waals surface area contributed by atoms with Crippen molar-refractivity contribution < 1.29 is 108 Å². The molecule has 0 aliphatic rings. The van der Waals surface area contributed by atoms with Crippen LogP contribution in [0.25, 0.3) is 0 Å². The van der Waals surface area contributed by atoms with E-state index in [2.05, 4.69) is 0 Å². The monoisotopic (exact) mass is 1300 g/mol. The number of hydrogen-bond acceptors (Lipinski definition) is 22. The molecule has 0 radical (unpaired) electrons. The van der Waals surface area contributed by atoms with Gasteiger partial charge in [0.05, 0.1) is 110 Å². The van der Waals surface area contributed by atoms with Crippen molar-refractivity contribution in [2.75, 3.05) is 78.5 Å². The second-order valence-electron chi connectivity index (χ2n) is 24.0. The minimum atomic E-state index is -1.18. The van der Waals surface area contributed by atoms with Gasteiger partial charge in [0, 0.05) is 78.0 Å². The van der Waals surface area contributed by atoms with E-state index in [1.807, 2.05) is 0 Å². The Morgan fingerprint density at radius 1 is 0.283 bits per heavy atom. The fraction of sp³-hybridized carbons (Fsp3) is 0.656. The van der Waals surface area contributed by atoms with Crippen LogP contribution in [0.1, 0.15) is 163 Å². The van der Waals surface area contributed by atoms with Crippen molar-refractivity contribution >= 4 is 59.3 Å². The first kappa shape index (κ1) is 80.9. The molecule has 2 rings (SSSR count). The molecule has 0 saturated heterocycles. The number of ether oxygens (including phenoxy) is 4. The molecular formula is C64H100N6O22. The summed E-state index contributed by atoms with van der Waals surface area (Å²) in [5.41, 5.74) is -0.613. The van der Waals surface area contributed by atoms with Crippen LogP contribution in [-0.2, 0) is 47.7 Å². The first-order valence-corrected chi connectivity index (χ1v) is 31.1. The van der Waals surface area contributed by atoms with Crippen molar-refractivity contribution in [3.8, 4) is 0 Å². The molecule has 2 aromatic carbocycles. The number of amides is 6. The number of hydrogen-bond donors (Lipinski definition) is 8. The van der Waals surface area contributed by atoms with Crippen LogP contribution in [0.2, 0.25) is 0 Å². The van der Waals surface area contributed by atoms with Gasteiger partial charge in [0.2, 0.25) is 23.6 Å². The van der Waals surface area contributed by atoms with Crippen molar-refractivity contribution in [3.05, 3.63) is 70.8 Å². The number of aliphatic hydroxyl groups excluding tert-OH is 8. The maximum absolute atomic E-state index is 14.6. The largest absolute Gasteiger partial charge is 0.461 e. The summed E-state index contributed by atoms with van der Waals surface area (Å²) in [4.78, 5) is 144. The summed E-state index contributed by atoms with van der Waals surface area (Å²) in [6.45, 7) is 14.7. The third-order valence-corrected chi connectivity index (χ3v) is 13.4. The average molecular weight is 1310 g/mol. The van der Waals surface area contributed by atoms with Crippen LogP contribution in [-0.4, -0.2) is 281 Å². The van der Waals surface area contributed by atoms with E-state index < -0.39 is 171 Å². The molecule has 92 heavy (non-hydrogen) atoms. The van der Waals surface area contributed by atoms with Gasteiger partial charge in [0.25, 0.3) is 11.8 Å². The molecule has 6 amide bonds. The Hall–Kier alpha value is -7.18. The molecule has 28 heteroatoms. The second-order valence-corrected chi connectivity index (χ2v) is 24.0. The maximum Gasteiger partial charge on any atom is 0.339 e. The molecular weight excluding hydrogens is 1200 g/mol. The summed E-state index contributed by atoms with van der Waals surface area (Å²) in [6, 6.07) is 11.4. The molecule has 0 bridgehead atoms. The zero-order chi connectivity index (χ0) is 69.7. The van der Waals surface area contributed by atoms with Crippen LogP contribution in [0.3, 0.4) is 0 Å². The minimum absolute atomic E-state index is 0.108. The highest BCUT2D eigenvalue weighted by Gasteiger charge is 2.32. The number of carbonyl (C=O) groups excluding carboxylic acids is 10. The van der Waals surface area contributed by atoms with Crippen LogP contribution < -0.4 is 0 Å². The molecule has 0 aromatic heterocycles. The fourth-order valence-electron chi connectivity index (χ4n) is 9.89. The van der Waals surface area contributed by atoms with Crippen LogP contribution >= 0.6 is 0 Å². The predicted octanol–water partition coefficient (Wildman–Crippen LogP) is 0.927. The average Bonchev–Trinajstić information content (AvgIpc) is 0.976. The second kappa shape index (κ2) is 40.7. The van der Waals surface area contributed by atoms with Crippen LogP contribution in [0.15, 0.2) is 48.5 Å². The van der Waals surface area contributed by atoms with Crippen LogP contribution in [0.5, 0.6) is 0 Å². The third-order valence-electron chi connectivity index (χ3n) is 13.4. The van der Waals surface area contributed by atoms with Crippen molar-refractivity contribution in [2.24, 2.45) is 0 Å². The van der Waals surface area contributed by atoms with Gasteiger partial charge in [-0.05, 0) is 107 Å². The summed E-state index contributed by atoms with van der Waals surface area (Å²) in [5, 5.41) is 80.3. The van der Waals surface area contributed by atoms with Crippen molar-refractivity contribution in [1.82, 2.24) is 29.4 Å². The Labute approximate surface area is 538 Å². The SMILES string of the molecule is CC(O)CN(CC(C)O)C(=O)CCC(=O)OC(C)CN(CC(C)OC(=O)CCC(=O)N(CC(C)O)CC(C)O)C(=O)CCC(=O)N(CC(C)OC(=O)c1ccccc1C(=O)N(CC(C)O)CC(C)O)CC(C)OC(=O)c1ccccc1C(=O)N(CC(C)O)CC(C)O. The van der Waals surface area contributed by atoms with Gasteiger partial charge < -0.3 is 89.2 Å². The van der Waals surface area contributed by atoms with Gasteiger partial charge in [0.1, 0.15) is 24.4 Å². The lowest BCUT2D eigenvalue weighted by atomic mass is 10.1. The Morgan fingerprint density at radius 3 is 0.717 bits per heavy atom. The molecule has 12 unspecified atom stereocenters. The van der Waals surface area contributed by atoms with E-state index in [1.165, 1.54) is 156 Å². The minimum Gasteiger partial charge on any atom is -0.461 e. The first-order chi connectivity index (χ1) is 43.0. The highest BCUT2D eigenvalue weighted by atomic mass is 16.6. The number of nitrogens with zero attached hydrogens (tertiary/aromatic N) is 6. The molecule has 28 nitrogen and oxygen atoms in total. The smallest absolute Gasteiger partial charge is 0.339 e. The molecule has 0 fully saturated rings. The normalized spacial score (nSPS) is 15.2. The van der Waals surface area contributed by atoms with Gasteiger partial charge in [-0.3, -0.25) is 38.4 Å². The Bertz CT molecular complexity index is 2500. The van der Waals surface area contributed by atoms with Gasteiger partial charge in [0.15, 0.2) is 0 Å². The zero-order valence-electron chi connectivity index (χ0n) is 55.3. The zero-order valence-corrected chi connectivity index (χ0v) is 55.3. The molecule has 0 heterocycles. The van der Waals surface area contributed by atoms with Crippen molar-refractivity contribution in [2.45, 2.75) is 195 Å². The molecule has 0 aliphatic carbocycles. The highest BCUT2D eigenvalue weighted by Crippen LogP contribution is 2.20. The van der Waals surface area contributed by atoms with Crippen LogP contribution in [0, 0.1) is 0 Å². The molecule has 12 atom stereocenters. The maximum atomic E-state index is 14.6. The standard InChI is InChI=1S/C64H100N6O22/c1-39(71)27-65(28-40(2)72)57(81)23-25-59(83)89-47(9)35-67(36-48(10)90-60(84)26-24-58(82)66(29-41(3)73)30-42(4)74)55(79)21-22-56(80)68(37-49(11)91-63(87)53-19-15-13-17-51(53)61(85)69(31-43(5)75)32-44(6)76)38-50(12)92-64(88)54-20-16-14-18-52(54)62(86)70(33-45(7)77)34-46(8)78/h13-20,39-50,71-78H,21-38H2,1-12H3. The van der Waals surface area contributed by atoms with Gasteiger partial charge in [-0.25, -0.2) is 9.59 Å². The summed E-state index contributed by atoms with van der Waals surface area (Å²) in [7, 11) is 0. The van der Waals surface area contributed by atoms with E-state index in [9.17, 15) is 88.8 Å². The summed E-state index contributed by atoms with van der Waals surface area (Å²) in [5.74, 6) is -7.65. The third kappa shape index (κ3) is 31.0. The lowest BCUT2D eigenvalue weighted by molar-refractivity contribution is -0.155. The van der Waals surface area contributed by atoms with E-state index in [0.29, 0.717) is 0 Å². The van der Waals surface area contributed by atoms with E-state index in [4.69, 9.17) is 18.9 Å². The number of rotatable bonds is 41. The quantitative estimate of drug-likeness (QED) is 0.0339. The number of benzene rings is 2. The Kier molecular flexibility index (Phi) is 35.8. The van der Waals surface area contributed by atoms with Gasteiger partial charge in [-0.2, -0.15) is 0 Å².